The number of piperidine rings is 1. The summed E-state index contributed by atoms with van der Waals surface area (Å²) in [5.74, 6) is -1.98. The third kappa shape index (κ3) is 3.91. The van der Waals surface area contributed by atoms with Crippen molar-refractivity contribution in [2.45, 2.75) is 61.1 Å². The first kappa shape index (κ1) is 25.9. The van der Waals surface area contributed by atoms with Crippen molar-refractivity contribution in [1.29, 1.82) is 0 Å². The molecule has 10 nitrogen and oxygen atoms in total. The molecule has 1 saturated heterocycles. The first-order valence-corrected chi connectivity index (χ1v) is 11.0. The average molecular weight is 515 g/mol. The molecule has 1 aromatic carbocycles. The standard InChI is InChI=1S/C21H23NO8.C2HF3O/c1-22-7-6-20-16-10-2-3-11(23)17(16)30-18(20)13(4-5-21(20,28)14(22)8-10)29-15(25)9-12(24)19(26)27;3-2(4,5)1-6/h2-4,12,14,18,23-24,28H,5-9H2,1H3,(H,26,27);1H/t12-,14-,18+,20+,21-;/m1./s1. The number of hydrogen-bond acceptors (Lipinski definition) is 9. The largest absolute Gasteiger partial charge is 0.504 e. The summed E-state index contributed by atoms with van der Waals surface area (Å²) in [6.45, 7) is 0.695. The lowest BCUT2D eigenvalue weighted by atomic mass is 9.50. The van der Waals surface area contributed by atoms with Crippen molar-refractivity contribution in [3.8, 4) is 11.5 Å². The third-order valence-corrected chi connectivity index (χ3v) is 7.36. The number of carbonyl (C=O) groups is 3. The number of carboxylic acids is 1. The summed E-state index contributed by atoms with van der Waals surface area (Å²) in [7, 11) is 1.97. The van der Waals surface area contributed by atoms with Gasteiger partial charge in [-0.25, -0.2) is 4.79 Å². The summed E-state index contributed by atoms with van der Waals surface area (Å²) in [4.78, 5) is 33.9. The number of aldehydes is 1. The predicted molar refractivity (Wildman–Crippen MR) is 113 cm³/mol. The van der Waals surface area contributed by atoms with Crippen LogP contribution < -0.4 is 4.74 Å². The van der Waals surface area contributed by atoms with Gasteiger partial charge in [0.25, 0.3) is 0 Å². The Morgan fingerprint density at radius 3 is 2.64 bits per heavy atom. The van der Waals surface area contributed by atoms with E-state index in [4.69, 9.17) is 19.4 Å². The van der Waals surface area contributed by atoms with E-state index in [-0.39, 0.29) is 24.0 Å². The molecule has 2 aliphatic heterocycles. The Hall–Kier alpha value is -3.16. The molecule has 13 heteroatoms. The van der Waals surface area contributed by atoms with Gasteiger partial charge in [0.15, 0.2) is 23.7 Å². The van der Waals surface area contributed by atoms with Crippen LogP contribution in [0.2, 0.25) is 0 Å². The molecule has 196 valence electrons. The molecular formula is C23H24F3NO9. The van der Waals surface area contributed by atoms with Crippen LogP contribution in [0.25, 0.3) is 0 Å². The van der Waals surface area contributed by atoms with Crippen LogP contribution in [0.4, 0.5) is 13.2 Å². The van der Waals surface area contributed by atoms with Crippen LogP contribution in [0.1, 0.15) is 30.4 Å². The zero-order valence-electron chi connectivity index (χ0n) is 19.0. The van der Waals surface area contributed by atoms with Crippen molar-refractivity contribution >= 4 is 18.2 Å². The molecule has 1 fully saturated rings. The molecule has 5 atom stereocenters. The van der Waals surface area contributed by atoms with Crippen molar-refractivity contribution in [1.82, 2.24) is 4.90 Å². The Morgan fingerprint density at radius 2 is 2.03 bits per heavy atom. The lowest BCUT2D eigenvalue weighted by Crippen LogP contribution is -2.74. The summed E-state index contributed by atoms with van der Waals surface area (Å²) < 4.78 is 42.8. The lowest BCUT2D eigenvalue weighted by Gasteiger charge is -2.61. The number of halogens is 3. The molecule has 4 N–H and O–H groups in total. The quantitative estimate of drug-likeness (QED) is 0.334. The fraction of sp³-hybridized carbons (Fsp3) is 0.522. The van der Waals surface area contributed by atoms with E-state index in [0.29, 0.717) is 25.1 Å². The number of alkyl halides is 3. The Labute approximate surface area is 202 Å². The van der Waals surface area contributed by atoms with Crippen molar-refractivity contribution < 1.29 is 57.5 Å². The van der Waals surface area contributed by atoms with Crippen LogP contribution in [0.15, 0.2) is 24.0 Å². The van der Waals surface area contributed by atoms with Gasteiger partial charge in [-0.1, -0.05) is 6.07 Å². The number of nitrogens with zero attached hydrogens (tertiary/aromatic N) is 1. The molecule has 1 aromatic rings. The van der Waals surface area contributed by atoms with E-state index in [1.165, 1.54) is 0 Å². The van der Waals surface area contributed by atoms with Crippen molar-refractivity contribution in [3.05, 3.63) is 35.1 Å². The first-order chi connectivity index (χ1) is 16.7. The van der Waals surface area contributed by atoms with Crippen LogP contribution in [0, 0.1) is 0 Å². The van der Waals surface area contributed by atoms with Gasteiger partial charge in [-0.05, 0) is 44.1 Å². The van der Waals surface area contributed by atoms with E-state index < -0.39 is 54.0 Å². The second kappa shape index (κ2) is 8.75. The fourth-order valence-corrected chi connectivity index (χ4v) is 5.86. The number of aromatic hydroxyl groups is 1. The normalized spacial score (nSPS) is 30.6. The maximum atomic E-state index is 12.3. The van der Waals surface area contributed by atoms with Gasteiger partial charge in [-0.15, -0.1) is 0 Å². The van der Waals surface area contributed by atoms with Crippen molar-refractivity contribution in [2.24, 2.45) is 0 Å². The van der Waals surface area contributed by atoms with Gasteiger partial charge < -0.3 is 34.8 Å². The number of ether oxygens (including phenoxy) is 2. The van der Waals surface area contributed by atoms with Crippen LogP contribution >= 0.6 is 0 Å². The summed E-state index contributed by atoms with van der Waals surface area (Å²) in [5, 5.41) is 40.7. The molecule has 1 spiro atoms. The van der Waals surface area contributed by atoms with E-state index in [2.05, 4.69) is 4.90 Å². The van der Waals surface area contributed by atoms with Crippen LogP contribution in [0.3, 0.4) is 0 Å². The minimum Gasteiger partial charge on any atom is -0.504 e. The van der Waals surface area contributed by atoms with E-state index in [0.717, 1.165) is 11.1 Å². The van der Waals surface area contributed by atoms with E-state index in [1.54, 1.807) is 12.1 Å². The number of benzene rings is 1. The number of carbonyl (C=O) groups excluding carboxylic acids is 2. The predicted octanol–water partition coefficient (Wildman–Crippen LogP) is 0.796. The van der Waals surface area contributed by atoms with Gasteiger partial charge in [0.05, 0.1) is 17.4 Å². The number of carboxylic acid groups (broad SMARTS) is 1. The maximum absolute atomic E-state index is 12.3. The van der Waals surface area contributed by atoms with Crippen LogP contribution in [-0.2, 0) is 31.0 Å². The van der Waals surface area contributed by atoms with E-state index in [9.17, 15) is 38.1 Å². The molecular weight excluding hydrogens is 491 g/mol. The number of hydrogen-bond donors (Lipinski definition) is 4. The summed E-state index contributed by atoms with van der Waals surface area (Å²) in [6.07, 6.45) is -6.12. The summed E-state index contributed by atoms with van der Waals surface area (Å²) in [6, 6.07) is 3.25. The third-order valence-electron chi connectivity index (χ3n) is 7.36. The number of phenols is 1. The molecule has 0 amide bonds. The smallest absolute Gasteiger partial charge is 0.446 e. The second-order valence-corrected chi connectivity index (χ2v) is 9.29. The van der Waals surface area contributed by atoms with Gasteiger partial charge in [0, 0.05) is 18.0 Å². The fourth-order valence-electron chi connectivity index (χ4n) is 5.86. The van der Waals surface area contributed by atoms with Crippen LogP contribution in [0.5, 0.6) is 11.5 Å². The minimum atomic E-state index is -4.64. The molecule has 0 saturated carbocycles. The van der Waals surface area contributed by atoms with Crippen molar-refractivity contribution in [3.63, 3.8) is 0 Å². The van der Waals surface area contributed by atoms with Gasteiger partial charge in [-0.2, -0.15) is 13.2 Å². The molecule has 0 radical (unpaired) electrons. The molecule has 0 unspecified atom stereocenters. The minimum absolute atomic E-state index is 0.0378. The van der Waals surface area contributed by atoms with Gasteiger partial charge in [0.2, 0.25) is 6.29 Å². The number of likely N-dealkylation sites (tertiary alicyclic amines) is 1. The molecule has 2 heterocycles. The number of esters is 1. The second-order valence-electron chi connectivity index (χ2n) is 9.29. The zero-order chi connectivity index (χ0) is 26.6. The average Bonchev–Trinajstić information content (AvgIpc) is 3.15. The number of aliphatic hydroxyl groups excluding tert-OH is 1. The Kier molecular flexibility index (Phi) is 6.30. The number of rotatable bonds is 4. The van der Waals surface area contributed by atoms with E-state index in [1.807, 2.05) is 13.1 Å². The molecule has 5 rings (SSSR count). The highest BCUT2D eigenvalue weighted by molar-refractivity contribution is 5.81. The number of aliphatic hydroxyl groups is 2. The van der Waals surface area contributed by atoms with Crippen LogP contribution in [-0.4, -0.2) is 87.2 Å². The first-order valence-electron chi connectivity index (χ1n) is 11.0. The maximum Gasteiger partial charge on any atom is 0.446 e. The number of phenolic OH excluding ortho intramolecular Hbond substituents is 1. The van der Waals surface area contributed by atoms with Gasteiger partial charge in [-0.3, -0.25) is 9.59 Å². The highest BCUT2D eigenvalue weighted by Gasteiger charge is 2.72. The monoisotopic (exact) mass is 515 g/mol. The number of aliphatic carboxylic acids is 1. The topological polar surface area (TPSA) is 154 Å². The lowest BCUT2D eigenvalue weighted by molar-refractivity contribution is -0.170. The Balaban J connectivity index is 0.000000455. The Morgan fingerprint density at radius 1 is 1.36 bits per heavy atom. The van der Waals surface area contributed by atoms with Gasteiger partial charge >= 0.3 is 18.1 Å². The summed E-state index contributed by atoms with van der Waals surface area (Å²) in [5.41, 5.74) is -0.304. The van der Waals surface area contributed by atoms with Gasteiger partial charge in [0.1, 0.15) is 5.76 Å². The highest BCUT2D eigenvalue weighted by atomic mass is 19.4. The van der Waals surface area contributed by atoms with E-state index >= 15 is 0 Å². The van der Waals surface area contributed by atoms with Crippen molar-refractivity contribution in [2.75, 3.05) is 13.6 Å². The molecule has 2 bridgehead atoms. The zero-order valence-corrected chi connectivity index (χ0v) is 19.0. The summed E-state index contributed by atoms with van der Waals surface area (Å²) >= 11 is 0. The SMILES string of the molecule is CN1CC[C@]23c4c5ccc(O)c4O[C@H]2C(OC(=O)C[C@@H](O)C(=O)O)=CC[C@@]3(O)[C@H]1C5.O=CC(F)(F)F. The highest BCUT2D eigenvalue weighted by Crippen LogP contribution is 2.65. The molecule has 4 aliphatic rings. The molecule has 2 aliphatic carbocycles. The molecule has 36 heavy (non-hydrogen) atoms. The molecule has 0 aromatic heterocycles. The number of likely N-dealkylation sites (N-methyl/N-ethyl adjacent to an activating group) is 1. The Bertz CT molecular complexity index is 1140.